The molecule has 0 bridgehead atoms. The molecular formula is C34H28Cl4N3O+. The van der Waals surface area contributed by atoms with Crippen molar-refractivity contribution >= 4 is 75.0 Å². The third-order valence-corrected chi connectivity index (χ3v) is 8.78. The van der Waals surface area contributed by atoms with E-state index in [0.29, 0.717) is 34.9 Å². The molecule has 4 aromatic carbocycles. The van der Waals surface area contributed by atoms with Crippen LogP contribution < -0.4 is 14.4 Å². The van der Waals surface area contributed by atoms with Crippen LogP contribution >= 0.6 is 46.4 Å². The molecule has 0 aliphatic carbocycles. The third-order valence-electron chi connectivity index (χ3n) is 7.44. The molecule has 6 rings (SSSR count). The minimum Gasteiger partial charge on any atom is -0.398 e. The molecule has 1 aliphatic heterocycles. The van der Waals surface area contributed by atoms with Crippen molar-refractivity contribution in [2.75, 3.05) is 9.80 Å². The van der Waals surface area contributed by atoms with Crippen molar-refractivity contribution in [3.8, 4) is 0 Å². The molecule has 0 saturated heterocycles. The lowest BCUT2D eigenvalue weighted by Gasteiger charge is -2.26. The smallest absolute Gasteiger partial charge is 0.373 e. The monoisotopic (exact) mass is 634 g/mol. The number of fused-ring (bicyclic) bond motifs is 2. The lowest BCUT2D eigenvalue weighted by molar-refractivity contribution is -0.652. The van der Waals surface area contributed by atoms with Gasteiger partial charge in [-0.25, -0.2) is 0 Å². The Morgan fingerprint density at radius 1 is 0.714 bits per heavy atom. The molecule has 2 heterocycles. The first kappa shape index (κ1) is 28.7. The van der Waals surface area contributed by atoms with Crippen LogP contribution in [0.2, 0.25) is 10.0 Å². The summed E-state index contributed by atoms with van der Waals surface area (Å²) in [6.45, 7) is 1.26. The van der Waals surface area contributed by atoms with Gasteiger partial charge in [0.15, 0.2) is 0 Å². The molecule has 0 radical (unpaired) electrons. The Kier molecular flexibility index (Phi) is 8.50. The summed E-state index contributed by atoms with van der Waals surface area (Å²) in [7, 11) is 2.00. The summed E-state index contributed by atoms with van der Waals surface area (Å²) in [5.41, 5.74) is 8.29. The van der Waals surface area contributed by atoms with Crippen molar-refractivity contribution in [1.29, 1.82) is 0 Å². The largest absolute Gasteiger partial charge is 0.398 e. The number of nitrogens with zero attached hydrogens (tertiary/aromatic N) is 3. The molecule has 1 aromatic heterocycles. The third kappa shape index (κ3) is 5.77. The van der Waals surface area contributed by atoms with Crippen LogP contribution in [0.15, 0.2) is 107 Å². The van der Waals surface area contributed by atoms with Crippen molar-refractivity contribution in [1.82, 2.24) is 0 Å². The number of alkyl halides is 2. The summed E-state index contributed by atoms with van der Waals surface area (Å²) in [5, 5.41) is 1.02. The summed E-state index contributed by atoms with van der Waals surface area (Å²) < 4.78 is 8.15. The molecule has 0 spiro atoms. The number of aromatic nitrogens is 1. The van der Waals surface area contributed by atoms with E-state index in [1.54, 1.807) is 0 Å². The van der Waals surface area contributed by atoms with Crippen molar-refractivity contribution < 1.29 is 8.98 Å². The molecule has 5 aromatic rings. The average Bonchev–Trinajstić information content (AvgIpc) is 3.47. The first-order valence-electron chi connectivity index (χ1n) is 13.5. The van der Waals surface area contributed by atoms with E-state index in [-0.39, 0.29) is 0 Å². The van der Waals surface area contributed by atoms with Gasteiger partial charge in [-0.15, -0.1) is 23.2 Å². The van der Waals surface area contributed by atoms with Crippen LogP contribution in [0.3, 0.4) is 0 Å². The van der Waals surface area contributed by atoms with Crippen LogP contribution in [0.1, 0.15) is 28.1 Å². The van der Waals surface area contributed by atoms with Crippen LogP contribution in [0.4, 0.5) is 11.4 Å². The molecule has 0 N–H and O–H groups in total. The second kappa shape index (κ2) is 12.4. The number of hydrogen-bond acceptors (Lipinski definition) is 3. The SMILES string of the molecule is C[n+]1c(C=CC=C2N(Cc3ccc(CCl)cc3)c3cc(Cl)c(Cl)cc3N2Cc2ccc(CCl)cc2)oc2ccccc21. The lowest BCUT2D eigenvalue weighted by atomic mass is 10.1. The Labute approximate surface area is 265 Å². The first-order chi connectivity index (χ1) is 20.4. The second-order valence-electron chi connectivity index (χ2n) is 10.2. The number of aryl methyl sites for hydroxylation is 1. The number of anilines is 2. The average molecular weight is 636 g/mol. The molecule has 8 heteroatoms. The van der Waals surface area contributed by atoms with Gasteiger partial charge in [-0.3, -0.25) is 0 Å². The van der Waals surface area contributed by atoms with Crippen LogP contribution in [-0.2, 0) is 31.9 Å². The Bertz CT molecular complexity index is 1710. The Morgan fingerprint density at radius 3 is 1.71 bits per heavy atom. The molecule has 0 fully saturated rings. The number of halogens is 4. The van der Waals surface area contributed by atoms with Gasteiger partial charge in [0, 0.05) is 30.9 Å². The topological polar surface area (TPSA) is 23.5 Å². The second-order valence-corrected chi connectivity index (χ2v) is 11.5. The van der Waals surface area contributed by atoms with Crippen LogP contribution in [0.25, 0.3) is 17.2 Å². The van der Waals surface area contributed by atoms with E-state index < -0.39 is 0 Å². The predicted molar refractivity (Wildman–Crippen MR) is 175 cm³/mol. The van der Waals surface area contributed by atoms with E-state index in [2.05, 4.69) is 64.4 Å². The van der Waals surface area contributed by atoms with Gasteiger partial charge in [0.05, 0.1) is 27.5 Å². The maximum absolute atomic E-state index is 6.58. The quantitative estimate of drug-likeness (QED) is 0.125. The van der Waals surface area contributed by atoms with Crippen molar-refractivity contribution in [2.45, 2.75) is 24.8 Å². The molecule has 0 amide bonds. The Hall–Kier alpha value is -3.41. The van der Waals surface area contributed by atoms with Gasteiger partial charge in [-0.05, 0) is 52.6 Å². The zero-order chi connectivity index (χ0) is 29.2. The zero-order valence-electron chi connectivity index (χ0n) is 22.9. The number of hydrogen-bond donors (Lipinski definition) is 0. The minimum atomic E-state index is 0.479. The van der Waals surface area contributed by atoms with Gasteiger partial charge >= 0.3 is 5.89 Å². The van der Waals surface area contributed by atoms with Crippen LogP contribution in [-0.4, -0.2) is 0 Å². The summed E-state index contributed by atoms with van der Waals surface area (Å²) in [6.07, 6.45) is 6.11. The summed E-state index contributed by atoms with van der Waals surface area (Å²) in [4.78, 5) is 4.53. The Morgan fingerprint density at radius 2 is 1.21 bits per heavy atom. The van der Waals surface area contributed by atoms with Crippen molar-refractivity contribution in [2.24, 2.45) is 7.05 Å². The molecular weight excluding hydrogens is 608 g/mol. The van der Waals surface area contributed by atoms with Gasteiger partial charge in [-0.1, -0.05) is 83.9 Å². The van der Waals surface area contributed by atoms with Gasteiger partial charge < -0.3 is 14.2 Å². The fraction of sp³-hybridized carbons (Fsp3) is 0.147. The van der Waals surface area contributed by atoms with E-state index in [4.69, 9.17) is 50.8 Å². The highest BCUT2D eigenvalue weighted by atomic mass is 35.5. The Balaban J connectivity index is 1.43. The zero-order valence-corrected chi connectivity index (χ0v) is 25.9. The summed E-state index contributed by atoms with van der Waals surface area (Å²) in [5.74, 6) is 2.70. The number of rotatable bonds is 8. The van der Waals surface area contributed by atoms with Gasteiger partial charge in [0.2, 0.25) is 5.58 Å². The van der Waals surface area contributed by atoms with E-state index in [1.807, 2.05) is 60.2 Å². The van der Waals surface area contributed by atoms with Crippen molar-refractivity contribution in [3.63, 3.8) is 0 Å². The molecule has 1 aliphatic rings. The van der Waals surface area contributed by atoms with Gasteiger partial charge in [0.25, 0.3) is 5.52 Å². The lowest BCUT2D eigenvalue weighted by Crippen LogP contribution is -2.29. The molecule has 0 atom stereocenters. The number of oxazole rings is 1. The van der Waals surface area contributed by atoms with E-state index in [1.165, 1.54) is 0 Å². The first-order valence-corrected chi connectivity index (χ1v) is 15.4. The fourth-order valence-electron chi connectivity index (χ4n) is 5.18. The van der Waals surface area contributed by atoms with Crippen LogP contribution in [0.5, 0.6) is 0 Å². The van der Waals surface area contributed by atoms with E-state index >= 15 is 0 Å². The maximum Gasteiger partial charge on any atom is 0.373 e. The summed E-state index contributed by atoms with van der Waals surface area (Å²) in [6, 6.07) is 28.6. The van der Waals surface area contributed by atoms with Crippen LogP contribution in [0, 0.1) is 0 Å². The number of allylic oxidation sites excluding steroid dienone is 2. The summed E-state index contributed by atoms with van der Waals surface area (Å²) >= 11 is 25.3. The normalized spacial score (nSPS) is 13.0. The number of para-hydroxylation sites is 2. The number of benzene rings is 4. The molecule has 212 valence electrons. The van der Waals surface area contributed by atoms with Crippen molar-refractivity contribution in [3.05, 3.63) is 141 Å². The molecule has 42 heavy (non-hydrogen) atoms. The highest BCUT2D eigenvalue weighted by Crippen LogP contribution is 2.47. The van der Waals surface area contributed by atoms with E-state index in [9.17, 15) is 0 Å². The van der Waals surface area contributed by atoms with Gasteiger partial charge in [0.1, 0.15) is 12.9 Å². The molecule has 0 unspecified atom stereocenters. The maximum atomic E-state index is 6.58. The highest BCUT2D eigenvalue weighted by molar-refractivity contribution is 6.42. The van der Waals surface area contributed by atoms with Gasteiger partial charge in [-0.2, -0.15) is 4.57 Å². The van der Waals surface area contributed by atoms with E-state index in [0.717, 1.165) is 56.4 Å². The molecule has 4 nitrogen and oxygen atoms in total. The predicted octanol–water partition coefficient (Wildman–Crippen LogP) is 9.62. The molecule has 0 saturated carbocycles. The minimum absolute atomic E-state index is 0.479. The standard InChI is InChI=1S/C34H28Cl4N3O/c1-39-29-5-2-3-6-32(29)42-34(39)8-4-7-33-40(21-25-13-9-23(19-35)10-14-25)30-17-27(37)28(38)18-31(30)41(33)22-26-15-11-24(20-36)12-16-26/h2-18H,19-22H2,1H3/q+1. The highest BCUT2D eigenvalue weighted by Gasteiger charge is 2.32. The fourth-order valence-corrected chi connectivity index (χ4v) is 5.85.